The first-order chi connectivity index (χ1) is 6.54. The van der Waals surface area contributed by atoms with Crippen molar-refractivity contribution in [3.05, 3.63) is 0 Å². The zero-order valence-corrected chi connectivity index (χ0v) is 9.79. The van der Waals surface area contributed by atoms with Gasteiger partial charge in [0.15, 0.2) is 0 Å². The van der Waals surface area contributed by atoms with Crippen molar-refractivity contribution in [1.29, 1.82) is 0 Å². The minimum Gasteiger partial charge on any atom is -0.300 e. The lowest BCUT2D eigenvalue weighted by atomic mass is 9.80. The van der Waals surface area contributed by atoms with Gasteiger partial charge in [0.1, 0.15) is 0 Å². The van der Waals surface area contributed by atoms with Crippen LogP contribution in [0, 0.1) is 23.2 Å². The van der Waals surface area contributed by atoms with E-state index in [9.17, 15) is 0 Å². The predicted octanol–water partition coefficient (Wildman–Crippen LogP) is 2.76. The first-order valence-corrected chi connectivity index (χ1v) is 6.29. The molecule has 14 heavy (non-hydrogen) atoms. The molecule has 0 spiro atoms. The molecule has 1 saturated carbocycles. The number of nitrogens with zero attached hydrogens (tertiary/aromatic N) is 1. The highest BCUT2D eigenvalue weighted by Crippen LogP contribution is 2.55. The summed E-state index contributed by atoms with van der Waals surface area (Å²) in [6.45, 7) is 10.0. The van der Waals surface area contributed by atoms with Crippen molar-refractivity contribution in [3.8, 4) is 0 Å². The Hall–Kier alpha value is -0.0400. The molecule has 2 saturated heterocycles. The zero-order valence-electron chi connectivity index (χ0n) is 9.79. The van der Waals surface area contributed by atoms with Gasteiger partial charge in [-0.1, -0.05) is 20.8 Å². The molecule has 4 atom stereocenters. The van der Waals surface area contributed by atoms with Gasteiger partial charge in [-0.2, -0.15) is 0 Å². The Labute approximate surface area is 87.9 Å². The molecule has 0 aromatic carbocycles. The first kappa shape index (κ1) is 9.21. The molecule has 1 aliphatic carbocycles. The highest BCUT2D eigenvalue weighted by atomic mass is 15.2. The molecule has 4 unspecified atom stereocenters. The van der Waals surface area contributed by atoms with Gasteiger partial charge in [-0.15, -0.1) is 0 Å². The number of hydrogen-bond donors (Lipinski definition) is 0. The summed E-state index contributed by atoms with van der Waals surface area (Å²) in [6.07, 6.45) is 4.48. The van der Waals surface area contributed by atoms with Crippen LogP contribution in [0.3, 0.4) is 0 Å². The van der Waals surface area contributed by atoms with E-state index < -0.39 is 0 Å². The summed E-state index contributed by atoms with van der Waals surface area (Å²) in [5.41, 5.74) is 0.535. The van der Waals surface area contributed by atoms with Gasteiger partial charge < -0.3 is 0 Å². The topological polar surface area (TPSA) is 3.24 Å². The molecule has 3 aliphatic rings. The number of hydrogen-bond acceptors (Lipinski definition) is 1. The van der Waals surface area contributed by atoms with Crippen molar-refractivity contribution in [1.82, 2.24) is 4.90 Å². The molecule has 3 rings (SSSR count). The van der Waals surface area contributed by atoms with Crippen LogP contribution in [0.15, 0.2) is 0 Å². The maximum atomic E-state index is 2.79. The Bertz CT molecular complexity index is 240. The van der Waals surface area contributed by atoms with E-state index in [4.69, 9.17) is 0 Å². The number of piperidine rings is 1. The molecule has 80 valence electrons. The molecular formula is C13H23N. The maximum Gasteiger partial charge on any atom is 0.0156 e. The Morgan fingerprint density at radius 3 is 2.79 bits per heavy atom. The third kappa shape index (κ3) is 1.41. The third-order valence-corrected chi connectivity index (χ3v) is 4.45. The van der Waals surface area contributed by atoms with Crippen molar-refractivity contribution in [2.45, 2.75) is 46.1 Å². The van der Waals surface area contributed by atoms with Crippen molar-refractivity contribution in [2.75, 3.05) is 13.1 Å². The van der Waals surface area contributed by atoms with E-state index in [1.165, 1.54) is 25.9 Å². The largest absolute Gasteiger partial charge is 0.300 e. The van der Waals surface area contributed by atoms with Gasteiger partial charge in [-0.05, 0) is 49.0 Å². The quantitative estimate of drug-likeness (QED) is 0.619. The van der Waals surface area contributed by atoms with Crippen LogP contribution in [0.25, 0.3) is 0 Å². The highest BCUT2D eigenvalue weighted by molar-refractivity contribution is 5.09. The fourth-order valence-corrected chi connectivity index (χ4v) is 3.99. The molecule has 0 radical (unpaired) electrons. The fraction of sp³-hybridized carbons (Fsp3) is 1.00. The van der Waals surface area contributed by atoms with Gasteiger partial charge in [-0.25, -0.2) is 0 Å². The summed E-state index contributed by atoms with van der Waals surface area (Å²) in [7, 11) is 0. The van der Waals surface area contributed by atoms with Gasteiger partial charge in [0.05, 0.1) is 0 Å². The molecule has 2 aliphatic heterocycles. The van der Waals surface area contributed by atoms with Crippen molar-refractivity contribution in [3.63, 3.8) is 0 Å². The van der Waals surface area contributed by atoms with Crippen LogP contribution in [0.2, 0.25) is 0 Å². The van der Waals surface area contributed by atoms with Crippen molar-refractivity contribution >= 4 is 0 Å². The van der Waals surface area contributed by atoms with Crippen LogP contribution in [0.1, 0.15) is 40.0 Å². The average molecular weight is 193 g/mol. The van der Waals surface area contributed by atoms with E-state index in [-0.39, 0.29) is 0 Å². The van der Waals surface area contributed by atoms with Crippen LogP contribution in [0.5, 0.6) is 0 Å². The zero-order chi connectivity index (χ0) is 9.92. The molecule has 3 fully saturated rings. The second-order valence-electron chi connectivity index (χ2n) is 6.96. The molecule has 0 amide bonds. The minimum absolute atomic E-state index is 0.535. The third-order valence-electron chi connectivity index (χ3n) is 4.45. The molecule has 1 heteroatoms. The summed E-state index contributed by atoms with van der Waals surface area (Å²) in [4.78, 5) is 2.79. The fourth-order valence-electron chi connectivity index (χ4n) is 3.99. The van der Waals surface area contributed by atoms with Crippen molar-refractivity contribution in [2.24, 2.45) is 23.2 Å². The van der Waals surface area contributed by atoms with Crippen LogP contribution in [-0.4, -0.2) is 24.0 Å². The monoisotopic (exact) mass is 193 g/mol. The number of fused-ring (bicyclic) bond motifs is 3. The average Bonchev–Trinajstić information content (AvgIpc) is 2.54. The Morgan fingerprint density at radius 2 is 2.07 bits per heavy atom. The molecule has 2 heterocycles. The highest BCUT2D eigenvalue weighted by Gasteiger charge is 2.56. The van der Waals surface area contributed by atoms with E-state index in [1.807, 2.05) is 0 Å². The summed E-state index contributed by atoms with van der Waals surface area (Å²) in [6, 6.07) is 0.999. The van der Waals surface area contributed by atoms with Gasteiger partial charge in [0.25, 0.3) is 0 Å². The molecule has 0 bridgehead atoms. The predicted molar refractivity (Wildman–Crippen MR) is 59.1 cm³/mol. The van der Waals surface area contributed by atoms with E-state index in [0.717, 1.165) is 23.8 Å². The molecule has 0 aromatic heterocycles. The standard InChI is InChI=1S/C13H23N/c1-13(2,3)7-9-4-5-14-8-10-6-11(10)12(9)14/h9-12H,4-8H2,1-3H3. The minimum atomic E-state index is 0.535. The summed E-state index contributed by atoms with van der Waals surface area (Å²) in [5.74, 6) is 3.25. The molecule has 1 nitrogen and oxygen atoms in total. The second-order valence-corrected chi connectivity index (χ2v) is 6.96. The van der Waals surface area contributed by atoms with Crippen LogP contribution in [0.4, 0.5) is 0 Å². The molecule has 0 aromatic rings. The maximum absolute atomic E-state index is 2.79. The van der Waals surface area contributed by atoms with Crippen LogP contribution >= 0.6 is 0 Å². The summed E-state index contributed by atoms with van der Waals surface area (Å²) >= 11 is 0. The smallest absolute Gasteiger partial charge is 0.0156 e. The van der Waals surface area contributed by atoms with E-state index in [0.29, 0.717) is 5.41 Å². The lowest BCUT2D eigenvalue weighted by molar-refractivity contribution is 0.207. The van der Waals surface area contributed by atoms with Gasteiger partial charge in [0, 0.05) is 12.6 Å². The Balaban J connectivity index is 1.70. The lowest BCUT2D eigenvalue weighted by Crippen LogP contribution is -2.31. The van der Waals surface area contributed by atoms with Gasteiger partial charge in [0.2, 0.25) is 0 Å². The second kappa shape index (κ2) is 2.75. The summed E-state index contributed by atoms with van der Waals surface area (Å²) in [5, 5.41) is 0. The van der Waals surface area contributed by atoms with E-state index in [2.05, 4.69) is 25.7 Å². The Kier molecular flexibility index (Phi) is 1.81. The molecular weight excluding hydrogens is 170 g/mol. The van der Waals surface area contributed by atoms with Crippen LogP contribution < -0.4 is 0 Å². The summed E-state index contributed by atoms with van der Waals surface area (Å²) < 4.78 is 0. The lowest BCUT2D eigenvalue weighted by Gasteiger charge is -2.28. The van der Waals surface area contributed by atoms with Gasteiger partial charge in [-0.3, -0.25) is 4.90 Å². The molecule has 0 N–H and O–H groups in total. The van der Waals surface area contributed by atoms with Crippen LogP contribution in [-0.2, 0) is 0 Å². The first-order valence-electron chi connectivity index (χ1n) is 6.29. The van der Waals surface area contributed by atoms with E-state index in [1.54, 1.807) is 6.42 Å². The van der Waals surface area contributed by atoms with E-state index >= 15 is 0 Å². The van der Waals surface area contributed by atoms with Crippen molar-refractivity contribution < 1.29 is 0 Å². The normalized spacial score (nSPS) is 46.5. The Morgan fingerprint density at radius 1 is 1.29 bits per heavy atom. The number of rotatable bonds is 1. The SMILES string of the molecule is CC(C)(C)CC1CCN2CC3CC3C12. The van der Waals surface area contributed by atoms with Gasteiger partial charge >= 0.3 is 0 Å².